The molecule has 0 atom stereocenters. The standard InChI is InChI=1S/C20H22N2/c1-20(2,3)18-15-22(17-12-8-5-9-13-17)21-19(18)14-16-10-6-4-7-11-16/h4-13,15H,14H2,1-3H3. The Hall–Kier alpha value is -2.35. The smallest absolute Gasteiger partial charge is 0.0710 e. The van der Waals surface area contributed by atoms with Crippen LogP contribution < -0.4 is 0 Å². The Kier molecular flexibility index (Phi) is 3.84. The Morgan fingerprint density at radius 3 is 2.05 bits per heavy atom. The van der Waals surface area contributed by atoms with Crippen LogP contribution in [0.25, 0.3) is 5.69 Å². The van der Waals surface area contributed by atoms with Crippen LogP contribution in [0.3, 0.4) is 0 Å². The zero-order chi connectivity index (χ0) is 15.6. The molecule has 2 aromatic carbocycles. The molecule has 1 heterocycles. The molecule has 112 valence electrons. The van der Waals surface area contributed by atoms with E-state index in [0.29, 0.717) is 0 Å². The molecule has 2 nitrogen and oxygen atoms in total. The quantitative estimate of drug-likeness (QED) is 0.680. The molecule has 0 fully saturated rings. The van der Waals surface area contributed by atoms with Gasteiger partial charge in [0.2, 0.25) is 0 Å². The number of nitrogens with zero attached hydrogens (tertiary/aromatic N) is 2. The van der Waals surface area contributed by atoms with E-state index in [9.17, 15) is 0 Å². The minimum Gasteiger partial charge on any atom is -0.240 e. The summed E-state index contributed by atoms with van der Waals surface area (Å²) in [5.41, 5.74) is 4.94. The lowest BCUT2D eigenvalue weighted by molar-refractivity contribution is 0.584. The van der Waals surface area contributed by atoms with Crippen molar-refractivity contribution in [1.82, 2.24) is 9.78 Å². The molecular weight excluding hydrogens is 268 g/mol. The van der Waals surface area contributed by atoms with Gasteiger partial charge in [0.05, 0.1) is 11.4 Å². The second-order valence-electron chi connectivity index (χ2n) is 6.68. The summed E-state index contributed by atoms with van der Waals surface area (Å²) < 4.78 is 2.00. The van der Waals surface area contributed by atoms with Crippen LogP contribution >= 0.6 is 0 Å². The van der Waals surface area contributed by atoms with Crippen LogP contribution in [0.4, 0.5) is 0 Å². The Labute approximate surface area is 132 Å². The molecule has 0 spiro atoms. The summed E-state index contributed by atoms with van der Waals surface area (Å²) in [5, 5.41) is 4.86. The largest absolute Gasteiger partial charge is 0.240 e. The lowest BCUT2D eigenvalue weighted by Gasteiger charge is -2.18. The van der Waals surface area contributed by atoms with E-state index in [1.165, 1.54) is 11.1 Å². The van der Waals surface area contributed by atoms with Gasteiger partial charge in [-0.25, -0.2) is 4.68 Å². The summed E-state index contributed by atoms with van der Waals surface area (Å²) in [5.74, 6) is 0. The SMILES string of the molecule is CC(C)(C)c1cn(-c2ccccc2)nc1Cc1ccccc1. The summed E-state index contributed by atoms with van der Waals surface area (Å²) in [6.45, 7) is 6.73. The van der Waals surface area contributed by atoms with Gasteiger partial charge >= 0.3 is 0 Å². The van der Waals surface area contributed by atoms with E-state index in [4.69, 9.17) is 5.10 Å². The maximum atomic E-state index is 4.86. The van der Waals surface area contributed by atoms with Gasteiger partial charge in [0, 0.05) is 12.6 Å². The summed E-state index contributed by atoms with van der Waals surface area (Å²) in [7, 11) is 0. The maximum Gasteiger partial charge on any atom is 0.0710 e. The van der Waals surface area contributed by atoms with E-state index in [1.807, 2.05) is 22.9 Å². The van der Waals surface area contributed by atoms with Crippen LogP contribution in [0.2, 0.25) is 0 Å². The molecule has 0 saturated heterocycles. The molecule has 2 heteroatoms. The molecule has 0 unspecified atom stereocenters. The van der Waals surface area contributed by atoms with Gasteiger partial charge in [-0.1, -0.05) is 69.3 Å². The van der Waals surface area contributed by atoms with Crippen molar-refractivity contribution in [3.05, 3.63) is 83.7 Å². The molecule has 22 heavy (non-hydrogen) atoms. The minimum absolute atomic E-state index is 0.0805. The normalized spacial score (nSPS) is 11.6. The van der Waals surface area contributed by atoms with Crippen LogP contribution in [0.5, 0.6) is 0 Å². The van der Waals surface area contributed by atoms with Gasteiger partial charge in [0.25, 0.3) is 0 Å². The van der Waals surface area contributed by atoms with E-state index in [0.717, 1.165) is 17.8 Å². The van der Waals surface area contributed by atoms with Crippen LogP contribution in [-0.2, 0) is 11.8 Å². The van der Waals surface area contributed by atoms with E-state index >= 15 is 0 Å². The van der Waals surface area contributed by atoms with Gasteiger partial charge in [0.15, 0.2) is 0 Å². The number of para-hydroxylation sites is 1. The molecule has 0 aliphatic heterocycles. The van der Waals surface area contributed by atoms with Crippen LogP contribution in [0.15, 0.2) is 66.9 Å². The maximum absolute atomic E-state index is 4.86. The van der Waals surface area contributed by atoms with Crippen LogP contribution in [0, 0.1) is 0 Å². The highest BCUT2D eigenvalue weighted by Gasteiger charge is 2.22. The second kappa shape index (κ2) is 5.80. The van der Waals surface area contributed by atoms with E-state index in [2.05, 4.69) is 69.4 Å². The molecule has 0 saturated carbocycles. The summed E-state index contributed by atoms with van der Waals surface area (Å²) in [6, 6.07) is 20.8. The summed E-state index contributed by atoms with van der Waals surface area (Å²) in [6.07, 6.45) is 3.04. The fourth-order valence-corrected chi connectivity index (χ4v) is 2.67. The van der Waals surface area contributed by atoms with Crippen LogP contribution in [0.1, 0.15) is 37.6 Å². The lowest BCUT2D eigenvalue weighted by atomic mass is 9.86. The third-order valence-corrected chi connectivity index (χ3v) is 3.83. The van der Waals surface area contributed by atoms with Crippen molar-refractivity contribution in [2.45, 2.75) is 32.6 Å². The fraction of sp³-hybridized carbons (Fsp3) is 0.250. The zero-order valence-electron chi connectivity index (χ0n) is 13.5. The molecule has 0 aliphatic rings. The van der Waals surface area contributed by atoms with Gasteiger partial charge in [-0.3, -0.25) is 0 Å². The first-order valence-electron chi connectivity index (χ1n) is 7.72. The predicted octanol–water partition coefficient (Wildman–Crippen LogP) is 4.76. The first-order chi connectivity index (χ1) is 10.5. The number of benzene rings is 2. The molecule has 1 aromatic heterocycles. The van der Waals surface area contributed by atoms with Crippen molar-refractivity contribution in [2.75, 3.05) is 0 Å². The van der Waals surface area contributed by atoms with E-state index in [1.54, 1.807) is 0 Å². The van der Waals surface area contributed by atoms with Gasteiger partial charge in [-0.15, -0.1) is 0 Å². The average Bonchev–Trinajstić information content (AvgIpc) is 2.93. The Bertz CT molecular complexity index is 734. The molecular formula is C20H22N2. The molecule has 3 aromatic rings. The highest BCUT2D eigenvalue weighted by molar-refractivity contribution is 5.36. The number of aromatic nitrogens is 2. The first-order valence-corrected chi connectivity index (χ1v) is 7.72. The average molecular weight is 290 g/mol. The third-order valence-electron chi connectivity index (χ3n) is 3.83. The fourth-order valence-electron chi connectivity index (χ4n) is 2.67. The van der Waals surface area contributed by atoms with Crippen LogP contribution in [-0.4, -0.2) is 9.78 Å². The van der Waals surface area contributed by atoms with Gasteiger partial charge < -0.3 is 0 Å². The third kappa shape index (κ3) is 3.11. The Morgan fingerprint density at radius 1 is 0.864 bits per heavy atom. The molecule has 0 radical (unpaired) electrons. The Morgan fingerprint density at radius 2 is 1.45 bits per heavy atom. The van der Waals surface area contributed by atoms with Crippen molar-refractivity contribution < 1.29 is 0 Å². The molecule has 3 rings (SSSR count). The predicted molar refractivity (Wildman–Crippen MR) is 91.5 cm³/mol. The Balaban J connectivity index is 2.03. The minimum atomic E-state index is 0.0805. The van der Waals surface area contributed by atoms with Gasteiger partial charge in [-0.2, -0.15) is 5.10 Å². The number of rotatable bonds is 3. The zero-order valence-corrected chi connectivity index (χ0v) is 13.5. The first kappa shape index (κ1) is 14.6. The molecule has 0 amide bonds. The van der Waals surface area contributed by atoms with E-state index < -0.39 is 0 Å². The number of hydrogen-bond donors (Lipinski definition) is 0. The highest BCUT2D eigenvalue weighted by atomic mass is 15.3. The molecule has 0 bridgehead atoms. The van der Waals surface area contributed by atoms with Gasteiger partial charge in [-0.05, 0) is 28.7 Å². The molecule has 0 aliphatic carbocycles. The summed E-state index contributed by atoms with van der Waals surface area (Å²) in [4.78, 5) is 0. The van der Waals surface area contributed by atoms with Crippen molar-refractivity contribution in [1.29, 1.82) is 0 Å². The summed E-state index contributed by atoms with van der Waals surface area (Å²) >= 11 is 0. The van der Waals surface area contributed by atoms with Crippen molar-refractivity contribution in [3.63, 3.8) is 0 Å². The molecule has 0 N–H and O–H groups in total. The monoisotopic (exact) mass is 290 g/mol. The second-order valence-corrected chi connectivity index (χ2v) is 6.68. The highest BCUT2D eigenvalue weighted by Crippen LogP contribution is 2.28. The number of hydrogen-bond acceptors (Lipinski definition) is 1. The van der Waals surface area contributed by atoms with Gasteiger partial charge in [0.1, 0.15) is 0 Å². The van der Waals surface area contributed by atoms with E-state index in [-0.39, 0.29) is 5.41 Å². The van der Waals surface area contributed by atoms with Crippen molar-refractivity contribution in [2.24, 2.45) is 0 Å². The van der Waals surface area contributed by atoms with Crippen molar-refractivity contribution in [3.8, 4) is 5.69 Å². The topological polar surface area (TPSA) is 17.8 Å². The van der Waals surface area contributed by atoms with Crippen molar-refractivity contribution >= 4 is 0 Å². The lowest BCUT2D eigenvalue weighted by Crippen LogP contribution is -2.13.